The first-order chi connectivity index (χ1) is 8.34. The van der Waals surface area contributed by atoms with Crippen molar-refractivity contribution in [2.24, 2.45) is 0 Å². The van der Waals surface area contributed by atoms with E-state index in [-0.39, 0.29) is 5.78 Å². The standard InChI is InChI=1S/C14H10O2S/c15-13(7-10-5-6-16-8-10)12-9-17-14-4-2-1-3-11(12)14/h1-6,8-9H,7H2. The molecule has 0 spiro atoms. The minimum atomic E-state index is 0.142. The van der Waals surface area contributed by atoms with Crippen molar-refractivity contribution in [3.8, 4) is 0 Å². The van der Waals surface area contributed by atoms with Gasteiger partial charge in [0.15, 0.2) is 5.78 Å². The third-order valence-corrected chi connectivity index (χ3v) is 3.69. The number of Topliss-reactive ketones (excluding diaryl/α,β-unsaturated/α-hetero) is 1. The Kier molecular flexibility index (Phi) is 2.53. The van der Waals surface area contributed by atoms with Crippen molar-refractivity contribution in [3.63, 3.8) is 0 Å². The molecular formula is C14H10O2S. The highest BCUT2D eigenvalue weighted by Crippen LogP contribution is 2.26. The average molecular weight is 242 g/mol. The molecule has 0 aliphatic heterocycles. The van der Waals surface area contributed by atoms with Crippen LogP contribution in [-0.2, 0) is 6.42 Å². The van der Waals surface area contributed by atoms with Gasteiger partial charge in [-0.05, 0) is 17.7 Å². The molecule has 3 heteroatoms. The minimum Gasteiger partial charge on any atom is -0.472 e. The van der Waals surface area contributed by atoms with Gasteiger partial charge >= 0.3 is 0 Å². The molecule has 0 atom stereocenters. The van der Waals surface area contributed by atoms with Crippen molar-refractivity contribution in [3.05, 3.63) is 59.4 Å². The number of thiophene rings is 1. The molecule has 84 valence electrons. The van der Waals surface area contributed by atoms with Gasteiger partial charge in [0.05, 0.1) is 12.5 Å². The molecule has 0 saturated carbocycles. The number of carbonyl (C=O) groups is 1. The van der Waals surface area contributed by atoms with E-state index < -0.39 is 0 Å². The van der Waals surface area contributed by atoms with Crippen LogP contribution in [0.15, 0.2) is 52.7 Å². The lowest BCUT2D eigenvalue weighted by Crippen LogP contribution is -2.01. The van der Waals surface area contributed by atoms with Crippen LogP contribution in [0.4, 0.5) is 0 Å². The molecule has 2 heterocycles. The van der Waals surface area contributed by atoms with Crippen molar-refractivity contribution in [1.82, 2.24) is 0 Å². The van der Waals surface area contributed by atoms with E-state index in [1.165, 1.54) is 0 Å². The van der Waals surface area contributed by atoms with Crippen LogP contribution in [0.25, 0.3) is 10.1 Å². The molecule has 0 radical (unpaired) electrons. The summed E-state index contributed by atoms with van der Waals surface area (Å²) in [5, 5.41) is 2.98. The van der Waals surface area contributed by atoms with Crippen LogP contribution >= 0.6 is 11.3 Å². The summed E-state index contributed by atoms with van der Waals surface area (Å²) in [5.41, 5.74) is 1.73. The summed E-state index contributed by atoms with van der Waals surface area (Å²) in [4.78, 5) is 12.2. The Labute approximate surface area is 102 Å². The summed E-state index contributed by atoms with van der Waals surface area (Å²) < 4.78 is 6.13. The van der Waals surface area contributed by atoms with Gasteiger partial charge < -0.3 is 4.42 Å². The van der Waals surface area contributed by atoms with Crippen molar-refractivity contribution in [2.75, 3.05) is 0 Å². The second-order valence-electron chi connectivity index (χ2n) is 3.88. The number of furan rings is 1. The highest BCUT2D eigenvalue weighted by Gasteiger charge is 2.12. The third kappa shape index (κ3) is 1.89. The smallest absolute Gasteiger partial charge is 0.168 e. The number of hydrogen-bond acceptors (Lipinski definition) is 3. The first-order valence-electron chi connectivity index (χ1n) is 5.35. The average Bonchev–Trinajstić information content (AvgIpc) is 2.96. The second-order valence-corrected chi connectivity index (χ2v) is 4.79. The Morgan fingerprint density at radius 1 is 1.24 bits per heavy atom. The molecule has 17 heavy (non-hydrogen) atoms. The molecular weight excluding hydrogens is 232 g/mol. The van der Waals surface area contributed by atoms with Crippen LogP contribution in [0.3, 0.4) is 0 Å². The van der Waals surface area contributed by atoms with E-state index >= 15 is 0 Å². The van der Waals surface area contributed by atoms with E-state index in [4.69, 9.17) is 4.42 Å². The van der Waals surface area contributed by atoms with Gasteiger partial charge in [-0.15, -0.1) is 11.3 Å². The molecule has 0 unspecified atom stereocenters. The maximum absolute atomic E-state index is 12.2. The lowest BCUT2D eigenvalue weighted by atomic mass is 10.0. The quantitative estimate of drug-likeness (QED) is 0.652. The fourth-order valence-corrected chi connectivity index (χ4v) is 2.83. The molecule has 3 aromatic rings. The van der Waals surface area contributed by atoms with Crippen LogP contribution in [0.5, 0.6) is 0 Å². The topological polar surface area (TPSA) is 30.2 Å². The lowest BCUT2D eigenvalue weighted by Gasteiger charge is -1.97. The Balaban J connectivity index is 1.96. The van der Waals surface area contributed by atoms with E-state index in [2.05, 4.69) is 0 Å². The summed E-state index contributed by atoms with van der Waals surface area (Å²) in [6.07, 6.45) is 3.61. The molecule has 0 aliphatic rings. The predicted octanol–water partition coefficient (Wildman–Crippen LogP) is 3.92. The maximum atomic E-state index is 12.2. The van der Waals surface area contributed by atoms with Crippen LogP contribution in [0.1, 0.15) is 15.9 Å². The normalized spacial score (nSPS) is 10.8. The van der Waals surface area contributed by atoms with E-state index in [9.17, 15) is 4.79 Å². The summed E-state index contributed by atoms with van der Waals surface area (Å²) in [6.45, 7) is 0. The van der Waals surface area contributed by atoms with E-state index in [0.717, 1.165) is 21.2 Å². The molecule has 0 aliphatic carbocycles. The van der Waals surface area contributed by atoms with Gasteiger partial charge in [0.25, 0.3) is 0 Å². The maximum Gasteiger partial charge on any atom is 0.168 e. The molecule has 0 fully saturated rings. The van der Waals surface area contributed by atoms with Crippen LogP contribution in [-0.4, -0.2) is 5.78 Å². The predicted molar refractivity (Wildman–Crippen MR) is 68.6 cm³/mol. The zero-order chi connectivity index (χ0) is 11.7. The molecule has 0 amide bonds. The number of fused-ring (bicyclic) bond motifs is 1. The largest absolute Gasteiger partial charge is 0.472 e. The molecule has 2 nitrogen and oxygen atoms in total. The van der Waals surface area contributed by atoms with Crippen molar-refractivity contribution in [2.45, 2.75) is 6.42 Å². The van der Waals surface area contributed by atoms with E-state index in [0.29, 0.717) is 6.42 Å². The first-order valence-corrected chi connectivity index (χ1v) is 6.23. The Bertz CT molecular complexity index is 650. The number of benzene rings is 1. The Morgan fingerprint density at radius 3 is 2.94 bits per heavy atom. The van der Waals surface area contributed by atoms with Crippen molar-refractivity contribution in [1.29, 1.82) is 0 Å². The Hall–Kier alpha value is -1.87. The minimum absolute atomic E-state index is 0.142. The van der Waals surface area contributed by atoms with Gasteiger partial charge in [0.1, 0.15) is 0 Å². The monoisotopic (exact) mass is 242 g/mol. The number of hydrogen-bond donors (Lipinski definition) is 0. The fraction of sp³-hybridized carbons (Fsp3) is 0.0714. The van der Waals surface area contributed by atoms with Crippen LogP contribution in [0, 0.1) is 0 Å². The first kappa shape index (κ1) is 10.3. The van der Waals surface area contributed by atoms with Crippen LogP contribution < -0.4 is 0 Å². The highest BCUT2D eigenvalue weighted by molar-refractivity contribution is 7.17. The zero-order valence-electron chi connectivity index (χ0n) is 9.05. The SMILES string of the molecule is O=C(Cc1ccoc1)c1csc2ccccc12. The number of rotatable bonds is 3. The molecule has 3 rings (SSSR count). The number of ketones is 1. The zero-order valence-corrected chi connectivity index (χ0v) is 9.87. The summed E-state index contributed by atoms with van der Waals surface area (Å²) >= 11 is 1.61. The van der Waals surface area contributed by atoms with E-state index in [1.54, 1.807) is 23.9 Å². The number of carbonyl (C=O) groups excluding carboxylic acids is 1. The molecule has 2 aromatic heterocycles. The fourth-order valence-electron chi connectivity index (χ4n) is 1.87. The molecule has 0 N–H and O–H groups in total. The van der Waals surface area contributed by atoms with Gasteiger partial charge in [-0.3, -0.25) is 4.79 Å². The van der Waals surface area contributed by atoms with Gasteiger partial charge in [0.2, 0.25) is 0 Å². The van der Waals surface area contributed by atoms with Crippen LogP contribution in [0.2, 0.25) is 0 Å². The van der Waals surface area contributed by atoms with Gasteiger partial charge in [-0.2, -0.15) is 0 Å². The molecule has 1 aromatic carbocycles. The van der Waals surface area contributed by atoms with Gasteiger partial charge in [-0.25, -0.2) is 0 Å². The molecule has 0 bridgehead atoms. The van der Waals surface area contributed by atoms with Crippen molar-refractivity contribution < 1.29 is 9.21 Å². The summed E-state index contributed by atoms with van der Waals surface area (Å²) in [5.74, 6) is 0.142. The Morgan fingerprint density at radius 2 is 2.12 bits per heavy atom. The highest BCUT2D eigenvalue weighted by atomic mass is 32.1. The van der Waals surface area contributed by atoms with Crippen molar-refractivity contribution >= 4 is 27.2 Å². The summed E-state index contributed by atoms with van der Waals surface area (Å²) in [6, 6.07) is 9.81. The second kappa shape index (κ2) is 4.18. The van der Waals surface area contributed by atoms with E-state index in [1.807, 2.05) is 35.7 Å². The molecule has 0 saturated heterocycles. The van der Waals surface area contributed by atoms with Gasteiger partial charge in [-0.1, -0.05) is 18.2 Å². The summed E-state index contributed by atoms with van der Waals surface area (Å²) in [7, 11) is 0. The third-order valence-electron chi connectivity index (χ3n) is 2.73. The van der Waals surface area contributed by atoms with Gasteiger partial charge in [0, 0.05) is 27.5 Å². The lowest BCUT2D eigenvalue weighted by molar-refractivity contribution is 0.0994.